The third-order valence-corrected chi connectivity index (χ3v) is 5.36. The Bertz CT molecular complexity index is 1220. The fourth-order valence-corrected chi connectivity index (χ4v) is 3.84. The number of aromatic nitrogens is 2. The van der Waals surface area contributed by atoms with Crippen LogP contribution >= 0.6 is 0 Å². The Balaban J connectivity index is 1.64. The second-order valence-corrected chi connectivity index (χ2v) is 7.54. The third kappa shape index (κ3) is 4.18. The maximum absolute atomic E-state index is 12.9. The Morgan fingerprint density at radius 3 is 2.62 bits per heavy atom. The molecule has 0 atom stereocenters. The van der Waals surface area contributed by atoms with Crippen molar-refractivity contribution >= 4 is 28.4 Å². The second-order valence-electron chi connectivity index (χ2n) is 7.54. The Morgan fingerprint density at radius 2 is 1.94 bits per heavy atom. The van der Waals surface area contributed by atoms with Gasteiger partial charge >= 0.3 is 0 Å². The molecule has 9 nitrogen and oxygen atoms in total. The van der Waals surface area contributed by atoms with Crippen LogP contribution in [-0.4, -0.2) is 50.7 Å². The quantitative estimate of drug-likeness (QED) is 0.585. The zero-order valence-electron chi connectivity index (χ0n) is 18.7. The normalized spacial score (nSPS) is 13.1. The van der Waals surface area contributed by atoms with E-state index in [9.17, 15) is 4.79 Å². The van der Waals surface area contributed by atoms with E-state index in [1.807, 2.05) is 30.1 Å². The van der Waals surface area contributed by atoms with Gasteiger partial charge in [-0.1, -0.05) is 12.1 Å². The summed E-state index contributed by atoms with van der Waals surface area (Å²) in [6.07, 6.45) is 2.07. The molecule has 4 rings (SSSR count). The number of fused-ring (bicyclic) bond motifs is 1. The first-order valence-electron chi connectivity index (χ1n) is 10.4. The number of rotatable bonds is 7. The molecule has 3 aromatic rings. The molecule has 0 unspecified atom stereocenters. The molecule has 9 heteroatoms. The average molecular weight is 438 g/mol. The number of nitrogens with zero attached hydrogens (tertiary/aromatic N) is 3. The maximum atomic E-state index is 12.9. The number of benzene rings is 2. The van der Waals surface area contributed by atoms with Crippen LogP contribution < -0.4 is 30.0 Å². The smallest absolute Gasteiger partial charge is 0.264 e. The van der Waals surface area contributed by atoms with Crippen LogP contribution in [0.1, 0.15) is 18.4 Å². The summed E-state index contributed by atoms with van der Waals surface area (Å²) < 4.78 is 16.2. The fraction of sp³-hybridized carbons (Fsp3) is 0.348. The van der Waals surface area contributed by atoms with Crippen molar-refractivity contribution in [1.29, 1.82) is 0 Å². The highest BCUT2D eigenvalue weighted by Crippen LogP contribution is 2.41. The van der Waals surface area contributed by atoms with E-state index in [0.717, 1.165) is 36.5 Å². The van der Waals surface area contributed by atoms with Crippen LogP contribution in [0.15, 0.2) is 40.1 Å². The predicted octanol–water partition coefficient (Wildman–Crippen LogP) is 3.19. The minimum Gasteiger partial charge on any atom is -0.493 e. The number of amidine groups is 1. The highest BCUT2D eigenvalue weighted by atomic mass is 16.5. The molecule has 0 saturated heterocycles. The molecule has 1 aliphatic heterocycles. The summed E-state index contributed by atoms with van der Waals surface area (Å²) >= 11 is 0. The van der Waals surface area contributed by atoms with E-state index in [2.05, 4.69) is 26.3 Å². The molecule has 168 valence electrons. The van der Waals surface area contributed by atoms with Crippen molar-refractivity contribution in [3.63, 3.8) is 0 Å². The van der Waals surface area contributed by atoms with E-state index in [-0.39, 0.29) is 5.56 Å². The first-order valence-corrected chi connectivity index (χ1v) is 10.4. The summed E-state index contributed by atoms with van der Waals surface area (Å²) in [5.41, 5.74) is 2.21. The van der Waals surface area contributed by atoms with Crippen molar-refractivity contribution in [3.8, 4) is 17.2 Å². The number of aliphatic imine (C=N–C) groups is 1. The molecule has 0 saturated carbocycles. The van der Waals surface area contributed by atoms with Crippen molar-refractivity contribution < 1.29 is 14.2 Å². The molecule has 0 bridgehead atoms. The lowest BCUT2D eigenvalue weighted by Gasteiger charge is -2.20. The fourth-order valence-electron chi connectivity index (χ4n) is 3.84. The van der Waals surface area contributed by atoms with Gasteiger partial charge in [0.2, 0.25) is 11.7 Å². The zero-order chi connectivity index (χ0) is 22.7. The number of ether oxygens (including phenoxy) is 3. The SMILES string of the molecule is COc1cc2nc(N(C)Cc3cccc(NC4=NCCC4)c3)[nH]c(=O)c2c(OC)c1OC. The molecule has 2 N–H and O–H groups in total. The Labute approximate surface area is 186 Å². The van der Waals surface area contributed by atoms with Gasteiger partial charge in [-0.15, -0.1) is 0 Å². The maximum Gasteiger partial charge on any atom is 0.264 e. The molecule has 1 aliphatic rings. The molecule has 2 heterocycles. The topological polar surface area (TPSA) is 101 Å². The lowest BCUT2D eigenvalue weighted by molar-refractivity contribution is 0.327. The number of methoxy groups -OCH3 is 3. The number of hydrogen-bond acceptors (Lipinski definition) is 8. The van der Waals surface area contributed by atoms with Gasteiger partial charge in [-0.25, -0.2) is 4.98 Å². The van der Waals surface area contributed by atoms with Crippen LogP contribution in [0, 0.1) is 0 Å². The van der Waals surface area contributed by atoms with Crippen molar-refractivity contribution in [1.82, 2.24) is 9.97 Å². The van der Waals surface area contributed by atoms with Gasteiger partial charge in [-0.05, 0) is 24.1 Å². The highest BCUT2D eigenvalue weighted by Gasteiger charge is 2.20. The molecule has 1 aromatic heterocycles. The summed E-state index contributed by atoms with van der Waals surface area (Å²) in [5.74, 6) is 2.55. The van der Waals surface area contributed by atoms with Gasteiger partial charge in [-0.2, -0.15) is 0 Å². The standard InChI is InChI=1S/C23H27N5O4/c1-28(13-14-7-5-8-15(11-14)25-18-9-6-10-24-18)23-26-16-12-17(30-2)20(31-3)21(32-4)19(16)22(29)27-23/h5,7-8,11-12H,6,9-10,13H2,1-4H3,(H,24,25)(H,26,27,29). The van der Waals surface area contributed by atoms with Gasteiger partial charge in [0.25, 0.3) is 5.56 Å². The van der Waals surface area contributed by atoms with Crippen LogP contribution in [0.3, 0.4) is 0 Å². The van der Waals surface area contributed by atoms with E-state index in [0.29, 0.717) is 40.6 Å². The number of aromatic amines is 1. The zero-order valence-corrected chi connectivity index (χ0v) is 18.7. The molecule has 0 aliphatic carbocycles. The Hall–Kier alpha value is -3.75. The number of nitrogens with one attached hydrogen (secondary N) is 2. The summed E-state index contributed by atoms with van der Waals surface area (Å²) in [6, 6.07) is 9.81. The van der Waals surface area contributed by atoms with Crippen LogP contribution in [0.4, 0.5) is 11.6 Å². The van der Waals surface area contributed by atoms with Gasteiger partial charge in [0.1, 0.15) is 11.2 Å². The lowest BCUT2D eigenvalue weighted by Crippen LogP contribution is -2.23. The predicted molar refractivity (Wildman–Crippen MR) is 126 cm³/mol. The molecule has 0 spiro atoms. The molecular weight excluding hydrogens is 410 g/mol. The summed E-state index contributed by atoms with van der Waals surface area (Å²) in [6.45, 7) is 1.44. The number of anilines is 2. The van der Waals surface area contributed by atoms with Crippen LogP contribution in [0.2, 0.25) is 0 Å². The summed E-state index contributed by atoms with van der Waals surface area (Å²) in [7, 11) is 6.39. The molecule has 0 amide bonds. The van der Waals surface area contributed by atoms with Gasteiger partial charge in [0, 0.05) is 38.3 Å². The van der Waals surface area contributed by atoms with Crippen molar-refractivity contribution in [2.45, 2.75) is 19.4 Å². The summed E-state index contributed by atoms with van der Waals surface area (Å²) in [5, 5.41) is 3.69. The minimum absolute atomic E-state index is 0.290. The third-order valence-electron chi connectivity index (χ3n) is 5.36. The Kier molecular flexibility index (Phi) is 6.16. The minimum atomic E-state index is -0.315. The number of hydrogen-bond donors (Lipinski definition) is 2. The van der Waals surface area contributed by atoms with Gasteiger partial charge in [0.15, 0.2) is 11.5 Å². The molecule has 32 heavy (non-hydrogen) atoms. The van der Waals surface area contributed by atoms with Crippen molar-refractivity contribution in [3.05, 3.63) is 46.2 Å². The largest absolute Gasteiger partial charge is 0.493 e. The monoisotopic (exact) mass is 437 g/mol. The van der Waals surface area contributed by atoms with Crippen molar-refractivity contribution in [2.24, 2.45) is 4.99 Å². The lowest BCUT2D eigenvalue weighted by atomic mass is 10.2. The van der Waals surface area contributed by atoms with Gasteiger partial charge in [0.05, 0.1) is 26.8 Å². The first kappa shape index (κ1) is 21.5. The van der Waals surface area contributed by atoms with E-state index in [1.165, 1.54) is 21.3 Å². The average Bonchev–Trinajstić information content (AvgIpc) is 3.30. The van der Waals surface area contributed by atoms with E-state index >= 15 is 0 Å². The highest BCUT2D eigenvalue weighted by molar-refractivity contribution is 5.96. The first-order chi connectivity index (χ1) is 15.5. The molecule has 0 radical (unpaired) electrons. The van der Waals surface area contributed by atoms with Crippen LogP contribution in [-0.2, 0) is 6.54 Å². The van der Waals surface area contributed by atoms with E-state index < -0.39 is 0 Å². The molecule has 2 aromatic carbocycles. The molecule has 0 fully saturated rings. The Morgan fingerprint density at radius 1 is 1.12 bits per heavy atom. The van der Waals surface area contributed by atoms with Gasteiger partial charge in [-0.3, -0.25) is 14.8 Å². The van der Waals surface area contributed by atoms with E-state index in [1.54, 1.807) is 6.07 Å². The summed E-state index contributed by atoms with van der Waals surface area (Å²) in [4.78, 5) is 26.8. The van der Waals surface area contributed by atoms with E-state index in [4.69, 9.17) is 14.2 Å². The second kappa shape index (κ2) is 9.17. The van der Waals surface area contributed by atoms with Crippen molar-refractivity contribution in [2.75, 3.05) is 45.1 Å². The number of H-pyrrole nitrogens is 1. The molecular formula is C23H27N5O4. The van der Waals surface area contributed by atoms with Crippen LogP contribution in [0.5, 0.6) is 17.2 Å². The van der Waals surface area contributed by atoms with Gasteiger partial charge < -0.3 is 24.4 Å². The van der Waals surface area contributed by atoms with Crippen LogP contribution in [0.25, 0.3) is 10.9 Å².